The van der Waals surface area contributed by atoms with Crippen LogP contribution in [0.2, 0.25) is 0 Å². The molecule has 1 aliphatic rings. The van der Waals surface area contributed by atoms with Crippen molar-refractivity contribution in [3.8, 4) is 0 Å². The van der Waals surface area contributed by atoms with Gasteiger partial charge in [0.1, 0.15) is 6.10 Å². The van der Waals surface area contributed by atoms with E-state index in [1.54, 1.807) is 6.20 Å². The highest BCUT2D eigenvalue weighted by Crippen LogP contribution is 2.28. The van der Waals surface area contributed by atoms with E-state index in [0.29, 0.717) is 5.56 Å². The van der Waals surface area contributed by atoms with Crippen molar-refractivity contribution >= 4 is 5.97 Å². The second-order valence-electron chi connectivity index (χ2n) is 4.46. The molecule has 0 spiro atoms. The number of hydrogen-bond donors (Lipinski definition) is 1. The van der Waals surface area contributed by atoms with Crippen molar-refractivity contribution in [1.29, 1.82) is 0 Å². The summed E-state index contributed by atoms with van der Waals surface area (Å²) in [5.41, 5.74) is 0.513. The summed E-state index contributed by atoms with van der Waals surface area (Å²) < 4.78 is 5.47. The number of rotatable bonds is 3. The van der Waals surface area contributed by atoms with Crippen LogP contribution < -0.4 is 0 Å². The zero-order valence-electron chi connectivity index (χ0n) is 9.61. The van der Waals surface area contributed by atoms with E-state index in [0.717, 1.165) is 18.8 Å². The molecular weight excluding hydrogens is 204 g/mol. The third kappa shape index (κ3) is 2.62. The summed E-state index contributed by atoms with van der Waals surface area (Å²) in [5.74, 6) is 0.464. The maximum atomic E-state index is 11.7. The third-order valence-corrected chi connectivity index (χ3v) is 3.32. The van der Waals surface area contributed by atoms with E-state index in [4.69, 9.17) is 4.74 Å². The highest BCUT2D eigenvalue weighted by Gasteiger charge is 2.24. The number of esters is 1. The first-order chi connectivity index (χ1) is 7.79. The van der Waals surface area contributed by atoms with Gasteiger partial charge in [-0.3, -0.25) is 5.10 Å². The monoisotopic (exact) mass is 222 g/mol. The van der Waals surface area contributed by atoms with Gasteiger partial charge in [0, 0.05) is 6.20 Å². The molecule has 4 nitrogen and oxygen atoms in total. The van der Waals surface area contributed by atoms with E-state index < -0.39 is 0 Å². The average Bonchev–Trinajstić information content (AvgIpc) is 2.83. The molecule has 16 heavy (non-hydrogen) atoms. The van der Waals surface area contributed by atoms with Crippen LogP contribution in [0.4, 0.5) is 0 Å². The fraction of sp³-hybridized carbons (Fsp3) is 0.667. The molecule has 0 radical (unpaired) electrons. The van der Waals surface area contributed by atoms with Crippen LogP contribution in [0.15, 0.2) is 12.4 Å². The van der Waals surface area contributed by atoms with Crippen LogP contribution in [0.3, 0.4) is 0 Å². The van der Waals surface area contributed by atoms with Gasteiger partial charge in [0.25, 0.3) is 0 Å². The van der Waals surface area contributed by atoms with E-state index in [9.17, 15) is 4.79 Å². The molecule has 1 aromatic heterocycles. The predicted molar refractivity (Wildman–Crippen MR) is 60.0 cm³/mol. The molecule has 1 aromatic rings. The number of nitrogens with zero attached hydrogens (tertiary/aromatic N) is 1. The molecule has 0 bridgehead atoms. The van der Waals surface area contributed by atoms with Crippen molar-refractivity contribution in [3.63, 3.8) is 0 Å². The fourth-order valence-electron chi connectivity index (χ4n) is 2.30. The lowest BCUT2D eigenvalue weighted by atomic mass is 9.85. The van der Waals surface area contributed by atoms with Gasteiger partial charge >= 0.3 is 5.97 Å². The third-order valence-electron chi connectivity index (χ3n) is 3.32. The molecule has 1 N–H and O–H groups in total. The normalized spacial score (nSPS) is 25.3. The minimum Gasteiger partial charge on any atom is -0.459 e. The summed E-state index contributed by atoms with van der Waals surface area (Å²) in [4.78, 5) is 11.7. The van der Waals surface area contributed by atoms with Gasteiger partial charge in [0.2, 0.25) is 0 Å². The molecule has 4 heteroatoms. The maximum Gasteiger partial charge on any atom is 0.341 e. The van der Waals surface area contributed by atoms with E-state index >= 15 is 0 Å². The Labute approximate surface area is 95.4 Å². The van der Waals surface area contributed by atoms with Gasteiger partial charge in [-0.05, 0) is 25.2 Å². The number of carbonyl (C=O) groups is 1. The van der Waals surface area contributed by atoms with Crippen molar-refractivity contribution in [2.45, 2.75) is 45.1 Å². The maximum absolute atomic E-state index is 11.7. The molecular formula is C12H18N2O2. The van der Waals surface area contributed by atoms with Crippen LogP contribution in [0, 0.1) is 5.92 Å². The fourth-order valence-corrected chi connectivity index (χ4v) is 2.30. The lowest BCUT2D eigenvalue weighted by Crippen LogP contribution is -2.25. The van der Waals surface area contributed by atoms with Crippen LogP contribution in [-0.4, -0.2) is 22.3 Å². The number of carbonyl (C=O) groups excluding carboxylic acids is 1. The molecule has 2 atom stereocenters. The molecule has 1 aliphatic carbocycles. The number of nitrogens with one attached hydrogen (secondary N) is 1. The first kappa shape index (κ1) is 11.2. The van der Waals surface area contributed by atoms with Gasteiger partial charge in [0.15, 0.2) is 0 Å². The second-order valence-corrected chi connectivity index (χ2v) is 4.46. The lowest BCUT2D eigenvalue weighted by molar-refractivity contribution is 0.0140. The van der Waals surface area contributed by atoms with Crippen molar-refractivity contribution in [2.24, 2.45) is 5.92 Å². The summed E-state index contributed by atoms with van der Waals surface area (Å²) in [6, 6.07) is 0. The molecule has 1 heterocycles. The van der Waals surface area contributed by atoms with Crippen LogP contribution in [0.1, 0.15) is 49.4 Å². The topological polar surface area (TPSA) is 55.0 Å². The Bertz CT molecular complexity index is 335. The summed E-state index contributed by atoms with van der Waals surface area (Å²) in [6.07, 6.45) is 8.81. The molecule has 0 aromatic carbocycles. The van der Waals surface area contributed by atoms with Gasteiger partial charge in [-0.25, -0.2) is 4.79 Å². The Kier molecular flexibility index (Phi) is 3.59. The Morgan fingerprint density at radius 2 is 2.50 bits per heavy atom. The highest BCUT2D eigenvalue weighted by molar-refractivity contribution is 5.88. The molecule has 0 aliphatic heterocycles. The van der Waals surface area contributed by atoms with Crippen LogP contribution in [0.5, 0.6) is 0 Å². The Morgan fingerprint density at radius 3 is 3.19 bits per heavy atom. The van der Waals surface area contributed by atoms with Crippen LogP contribution in [0.25, 0.3) is 0 Å². The largest absolute Gasteiger partial charge is 0.459 e. The Balaban J connectivity index is 1.87. The Hall–Kier alpha value is -1.32. The van der Waals surface area contributed by atoms with E-state index in [1.165, 1.54) is 25.5 Å². The smallest absolute Gasteiger partial charge is 0.341 e. The summed E-state index contributed by atoms with van der Waals surface area (Å²) in [5, 5.41) is 6.36. The lowest BCUT2D eigenvalue weighted by Gasteiger charge is -2.27. The van der Waals surface area contributed by atoms with Crippen molar-refractivity contribution in [3.05, 3.63) is 18.0 Å². The number of aromatic nitrogens is 2. The van der Waals surface area contributed by atoms with Gasteiger partial charge in [-0.2, -0.15) is 5.10 Å². The van der Waals surface area contributed by atoms with Gasteiger partial charge < -0.3 is 4.74 Å². The highest BCUT2D eigenvalue weighted by atomic mass is 16.5. The quantitative estimate of drug-likeness (QED) is 0.799. The van der Waals surface area contributed by atoms with Crippen molar-refractivity contribution in [1.82, 2.24) is 10.2 Å². The zero-order valence-corrected chi connectivity index (χ0v) is 9.61. The minimum absolute atomic E-state index is 0.0982. The molecule has 0 unspecified atom stereocenters. The first-order valence-electron chi connectivity index (χ1n) is 5.99. The van der Waals surface area contributed by atoms with Crippen molar-refractivity contribution in [2.75, 3.05) is 0 Å². The van der Waals surface area contributed by atoms with Crippen LogP contribution in [-0.2, 0) is 4.74 Å². The predicted octanol–water partition coefficient (Wildman–Crippen LogP) is 2.54. The minimum atomic E-state index is -0.254. The molecule has 0 amide bonds. The number of aromatic amines is 1. The van der Waals surface area contributed by atoms with Crippen molar-refractivity contribution < 1.29 is 9.53 Å². The number of hydrogen-bond acceptors (Lipinski definition) is 3. The average molecular weight is 222 g/mol. The molecule has 2 rings (SSSR count). The molecule has 0 saturated heterocycles. The van der Waals surface area contributed by atoms with Gasteiger partial charge in [-0.15, -0.1) is 0 Å². The van der Waals surface area contributed by atoms with Gasteiger partial charge in [0.05, 0.1) is 11.8 Å². The molecule has 1 fully saturated rings. The summed E-state index contributed by atoms with van der Waals surface area (Å²) in [6.45, 7) is 2.20. The Morgan fingerprint density at radius 1 is 1.62 bits per heavy atom. The van der Waals surface area contributed by atoms with Gasteiger partial charge in [-0.1, -0.05) is 19.8 Å². The van der Waals surface area contributed by atoms with E-state index in [1.807, 2.05) is 0 Å². The standard InChI is InChI=1S/C12H18N2O2/c1-2-9-4-3-5-11(6-9)16-12(15)10-7-13-14-8-10/h7-9,11H,2-6H2,1H3,(H,13,14)/t9-,11-/m1/s1. The number of H-pyrrole nitrogens is 1. The second kappa shape index (κ2) is 5.14. The van der Waals surface area contributed by atoms with E-state index in [2.05, 4.69) is 17.1 Å². The van der Waals surface area contributed by atoms with Crippen LogP contribution >= 0.6 is 0 Å². The first-order valence-corrected chi connectivity index (χ1v) is 5.99. The van der Waals surface area contributed by atoms with E-state index in [-0.39, 0.29) is 12.1 Å². The molecule has 1 saturated carbocycles. The summed E-state index contributed by atoms with van der Waals surface area (Å²) >= 11 is 0. The molecule has 88 valence electrons. The number of ether oxygens (including phenoxy) is 1. The summed E-state index contributed by atoms with van der Waals surface area (Å²) in [7, 11) is 0. The zero-order chi connectivity index (χ0) is 11.4. The SMILES string of the molecule is CC[C@@H]1CCC[C@@H](OC(=O)c2cn[nH]c2)C1.